The normalized spacial score (nSPS) is 15.8. The van der Waals surface area contributed by atoms with Crippen molar-refractivity contribution in [3.05, 3.63) is 71.8 Å². The average molecular weight is 512 g/mol. The molecule has 0 spiro atoms. The van der Waals surface area contributed by atoms with Crippen LogP contribution in [-0.2, 0) is 29.4 Å². The van der Waals surface area contributed by atoms with Gasteiger partial charge in [-0.25, -0.2) is 13.4 Å². The summed E-state index contributed by atoms with van der Waals surface area (Å²) in [6.45, 7) is 6.30. The third-order valence-electron chi connectivity index (χ3n) is 6.44. The predicted octanol–water partition coefficient (Wildman–Crippen LogP) is 3.87. The van der Waals surface area contributed by atoms with Crippen LogP contribution < -0.4 is 20.1 Å². The number of ether oxygens (including phenoxy) is 1. The number of aromatic nitrogens is 2. The third kappa shape index (κ3) is 7.56. The standard InChI is InChI=1S/C27H37N5O3S/c1-2-3-4-21-5-8-25(9-6-21)36(33,34)32-26-10-7-22(16-29-18-23-11-13-28-17-23)15-27(26)35-14-12-24-19-30-20-31-24/h5-10,15,19-20,23,28-29,32H,2-4,11-14,16-18H2,1H3,(H,30,31). The van der Waals surface area contributed by atoms with E-state index < -0.39 is 10.0 Å². The summed E-state index contributed by atoms with van der Waals surface area (Å²) in [5.41, 5.74) is 3.50. The van der Waals surface area contributed by atoms with Gasteiger partial charge in [0.2, 0.25) is 0 Å². The van der Waals surface area contributed by atoms with Gasteiger partial charge in [-0.15, -0.1) is 0 Å². The molecule has 0 bridgehead atoms. The molecule has 0 saturated carbocycles. The van der Waals surface area contributed by atoms with Gasteiger partial charge in [0.15, 0.2) is 0 Å². The van der Waals surface area contributed by atoms with Gasteiger partial charge < -0.3 is 20.4 Å². The monoisotopic (exact) mass is 511 g/mol. The molecule has 36 heavy (non-hydrogen) atoms. The van der Waals surface area contributed by atoms with Crippen LogP contribution in [0.4, 0.5) is 5.69 Å². The van der Waals surface area contributed by atoms with Crippen molar-refractivity contribution in [1.29, 1.82) is 0 Å². The highest BCUT2D eigenvalue weighted by Crippen LogP contribution is 2.29. The Morgan fingerprint density at radius 2 is 1.94 bits per heavy atom. The Hall–Kier alpha value is -2.88. The minimum Gasteiger partial charge on any atom is -0.491 e. The van der Waals surface area contributed by atoms with Gasteiger partial charge in [-0.2, -0.15) is 0 Å². The number of hydrogen-bond donors (Lipinski definition) is 4. The zero-order valence-electron chi connectivity index (χ0n) is 20.9. The molecule has 1 saturated heterocycles. The molecule has 9 heteroatoms. The second-order valence-electron chi connectivity index (χ2n) is 9.33. The van der Waals surface area contributed by atoms with Crippen LogP contribution in [0.25, 0.3) is 0 Å². The highest BCUT2D eigenvalue weighted by atomic mass is 32.2. The molecule has 0 radical (unpaired) electrons. The molecule has 0 amide bonds. The molecule has 8 nitrogen and oxygen atoms in total. The minimum absolute atomic E-state index is 0.237. The first kappa shape index (κ1) is 26.2. The van der Waals surface area contributed by atoms with Crippen LogP contribution >= 0.6 is 0 Å². The van der Waals surface area contributed by atoms with Crippen molar-refractivity contribution in [1.82, 2.24) is 20.6 Å². The van der Waals surface area contributed by atoms with E-state index in [2.05, 4.69) is 32.2 Å². The second-order valence-corrected chi connectivity index (χ2v) is 11.0. The quantitative estimate of drug-likeness (QED) is 0.262. The lowest BCUT2D eigenvalue weighted by Gasteiger charge is -2.16. The largest absolute Gasteiger partial charge is 0.491 e. The van der Waals surface area contributed by atoms with E-state index in [1.54, 1.807) is 24.5 Å². The van der Waals surface area contributed by atoms with Gasteiger partial charge in [-0.3, -0.25) is 4.72 Å². The molecule has 2 heterocycles. The van der Waals surface area contributed by atoms with E-state index >= 15 is 0 Å². The molecule has 0 aliphatic carbocycles. The lowest BCUT2D eigenvalue weighted by Crippen LogP contribution is -2.24. The smallest absolute Gasteiger partial charge is 0.262 e. The van der Waals surface area contributed by atoms with Gasteiger partial charge in [0.25, 0.3) is 10.0 Å². The molecular formula is C27H37N5O3S. The first-order valence-corrected chi connectivity index (χ1v) is 14.3. The molecule has 3 aromatic rings. The minimum atomic E-state index is -3.75. The van der Waals surface area contributed by atoms with Gasteiger partial charge in [0.05, 0.1) is 29.2 Å². The van der Waals surface area contributed by atoms with E-state index in [0.717, 1.165) is 55.7 Å². The average Bonchev–Trinajstić information content (AvgIpc) is 3.59. The fourth-order valence-corrected chi connectivity index (χ4v) is 5.37. The predicted molar refractivity (Wildman–Crippen MR) is 143 cm³/mol. The zero-order valence-corrected chi connectivity index (χ0v) is 21.7. The van der Waals surface area contributed by atoms with Crippen molar-refractivity contribution in [3.8, 4) is 5.75 Å². The van der Waals surface area contributed by atoms with Crippen molar-refractivity contribution < 1.29 is 13.2 Å². The number of hydrogen-bond acceptors (Lipinski definition) is 6. The number of anilines is 1. The van der Waals surface area contributed by atoms with E-state index in [-0.39, 0.29) is 4.90 Å². The molecule has 1 aliphatic rings. The van der Waals surface area contributed by atoms with E-state index in [4.69, 9.17) is 4.74 Å². The number of aromatic amines is 1. The van der Waals surface area contributed by atoms with E-state index in [1.807, 2.05) is 30.5 Å². The summed E-state index contributed by atoms with van der Waals surface area (Å²) in [5, 5.41) is 6.90. The summed E-state index contributed by atoms with van der Waals surface area (Å²) in [5.74, 6) is 1.16. The first-order valence-electron chi connectivity index (χ1n) is 12.8. The third-order valence-corrected chi connectivity index (χ3v) is 7.82. The van der Waals surface area contributed by atoms with E-state index in [1.165, 1.54) is 6.42 Å². The number of nitrogens with zero attached hydrogens (tertiary/aromatic N) is 1. The summed E-state index contributed by atoms with van der Waals surface area (Å²) in [7, 11) is -3.75. The highest BCUT2D eigenvalue weighted by molar-refractivity contribution is 7.92. The SMILES string of the molecule is CCCCc1ccc(S(=O)(=O)Nc2ccc(CNCC3CCNC3)cc2OCCc2c[nH]cn2)cc1. The molecule has 1 aromatic heterocycles. The topological polar surface area (TPSA) is 108 Å². The zero-order chi connectivity index (χ0) is 25.2. The van der Waals surface area contributed by atoms with Gasteiger partial charge in [-0.1, -0.05) is 31.5 Å². The Bertz CT molecular complexity index is 1170. The highest BCUT2D eigenvalue weighted by Gasteiger charge is 2.18. The molecule has 1 fully saturated rings. The molecule has 4 rings (SSSR count). The van der Waals surface area contributed by atoms with Crippen molar-refractivity contribution in [2.24, 2.45) is 5.92 Å². The van der Waals surface area contributed by atoms with Crippen LogP contribution in [0.1, 0.15) is 43.0 Å². The summed E-state index contributed by atoms with van der Waals surface area (Å²) < 4.78 is 35.1. The molecule has 194 valence electrons. The second kappa shape index (κ2) is 12.9. The van der Waals surface area contributed by atoms with Crippen molar-refractivity contribution in [2.45, 2.75) is 50.5 Å². The van der Waals surface area contributed by atoms with Crippen molar-refractivity contribution in [3.63, 3.8) is 0 Å². The Kier molecular flexibility index (Phi) is 9.38. The number of rotatable bonds is 14. The maximum absolute atomic E-state index is 13.1. The molecule has 1 aliphatic heterocycles. The van der Waals surface area contributed by atoms with Crippen LogP contribution in [0, 0.1) is 5.92 Å². The molecule has 1 unspecified atom stereocenters. The van der Waals surface area contributed by atoms with Gasteiger partial charge in [-0.05, 0) is 80.2 Å². The van der Waals surface area contributed by atoms with Crippen molar-refractivity contribution in [2.75, 3.05) is 31.0 Å². The number of unbranched alkanes of at least 4 members (excludes halogenated alkanes) is 1. The number of benzene rings is 2. The number of H-pyrrole nitrogens is 1. The lowest BCUT2D eigenvalue weighted by atomic mass is 10.1. The maximum Gasteiger partial charge on any atom is 0.262 e. The van der Waals surface area contributed by atoms with Gasteiger partial charge >= 0.3 is 0 Å². The lowest BCUT2D eigenvalue weighted by molar-refractivity contribution is 0.322. The summed E-state index contributed by atoms with van der Waals surface area (Å²) in [6, 6.07) is 12.7. The van der Waals surface area contributed by atoms with Gasteiger partial charge in [0, 0.05) is 19.2 Å². The van der Waals surface area contributed by atoms with Crippen LogP contribution in [0.3, 0.4) is 0 Å². The summed E-state index contributed by atoms with van der Waals surface area (Å²) >= 11 is 0. The maximum atomic E-state index is 13.1. The number of nitrogens with one attached hydrogen (secondary N) is 4. The Morgan fingerprint density at radius 3 is 2.67 bits per heavy atom. The van der Waals surface area contributed by atoms with E-state index in [9.17, 15) is 8.42 Å². The Labute approximate surface area is 214 Å². The van der Waals surface area contributed by atoms with Crippen LogP contribution in [0.15, 0.2) is 59.9 Å². The van der Waals surface area contributed by atoms with Crippen LogP contribution in [-0.4, -0.2) is 44.6 Å². The molecule has 4 N–H and O–H groups in total. The van der Waals surface area contributed by atoms with Crippen molar-refractivity contribution >= 4 is 15.7 Å². The summed E-state index contributed by atoms with van der Waals surface area (Å²) in [6.07, 6.45) is 8.41. The number of imidazole rings is 1. The Morgan fingerprint density at radius 1 is 1.11 bits per heavy atom. The van der Waals surface area contributed by atoms with Gasteiger partial charge in [0.1, 0.15) is 5.75 Å². The summed E-state index contributed by atoms with van der Waals surface area (Å²) in [4.78, 5) is 7.40. The first-order chi connectivity index (χ1) is 17.5. The number of aryl methyl sites for hydroxylation is 1. The van der Waals surface area contributed by atoms with Crippen LogP contribution in [0.2, 0.25) is 0 Å². The molecule has 2 aromatic carbocycles. The fourth-order valence-electron chi connectivity index (χ4n) is 4.30. The Balaban J connectivity index is 1.45. The molecular weight excluding hydrogens is 474 g/mol. The number of sulfonamides is 1. The fraction of sp³-hybridized carbons (Fsp3) is 0.444. The van der Waals surface area contributed by atoms with Crippen LogP contribution in [0.5, 0.6) is 5.75 Å². The van der Waals surface area contributed by atoms with E-state index in [0.29, 0.717) is 36.9 Å². The molecule has 1 atom stereocenters.